The average molecular weight is 405 g/mol. The number of amides is 2. The van der Waals surface area contributed by atoms with Gasteiger partial charge in [0.25, 0.3) is 5.91 Å². The number of fused-ring (bicyclic) bond motifs is 1. The Kier molecular flexibility index (Phi) is 4.97. The Morgan fingerprint density at radius 2 is 1.93 bits per heavy atom. The lowest BCUT2D eigenvalue weighted by Gasteiger charge is -2.26. The standard InChI is InChI=1S/C22H19N3O5/c23-18(26)12-30-15-8-4-5-13(9-15)16-10-19(27)24-20-17(22(28)29)11-25(21(16)20)14-6-2-1-3-7-14/h1-9,11,16H,10,12H2,(H2,23,26)(H,24,27)(H,28,29)/t16-/m0/s1. The number of rotatable bonds is 6. The molecule has 0 aliphatic carbocycles. The summed E-state index contributed by atoms with van der Waals surface area (Å²) in [4.78, 5) is 35.3. The van der Waals surface area contributed by atoms with Gasteiger partial charge in [-0.05, 0) is 29.8 Å². The first-order valence-electron chi connectivity index (χ1n) is 9.29. The molecular formula is C22H19N3O5. The molecule has 8 heteroatoms. The van der Waals surface area contributed by atoms with E-state index >= 15 is 0 Å². The van der Waals surface area contributed by atoms with Crippen molar-refractivity contribution in [2.75, 3.05) is 11.9 Å². The van der Waals surface area contributed by atoms with E-state index < -0.39 is 17.8 Å². The van der Waals surface area contributed by atoms with Crippen molar-refractivity contribution in [2.45, 2.75) is 12.3 Å². The molecule has 0 unspecified atom stereocenters. The van der Waals surface area contributed by atoms with E-state index in [1.807, 2.05) is 36.4 Å². The number of aromatic nitrogens is 1. The van der Waals surface area contributed by atoms with Crippen molar-refractivity contribution >= 4 is 23.5 Å². The third-order valence-corrected chi connectivity index (χ3v) is 4.93. The first kappa shape index (κ1) is 19.3. The minimum atomic E-state index is -1.12. The van der Waals surface area contributed by atoms with Gasteiger partial charge in [-0.25, -0.2) is 4.79 Å². The van der Waals surface area contributed by atoms with Gasteiger partial charge in [0.2, 0.25) is 5.91 Å². The van der Waals surface area contributed by atoms with Crippen LogP contribution in [0.15, 0.2) is 60.8 Å². The highest BCUT2D eigenvalue weighted by Crippen LogP contribution is 2.42. The number of carboxylic acid groups (broad SMARTS) is 1. The van der Waals surface area contributed by atoms with Crippen molar-refractivity contribution in [3.05, 3.63) is 77.6 Å². The molecule has 2 amide bonds. The number of nitrogens with one attached hydrogen (secondary N) is 1. The fourth-order valence-corrected chi connectivity index (χ4v) is 3.68. The first-order valence-corrected chi connectivity index (χ1v) is 9.29. The minimum absolute atomic E-state index is 0.0213. The number of benzene rings is 2. The molecule has 0 saturated heterocycles. The molecule has 1 aromatic heterocycles. The van der Waals surface area contributed by atoms with Crippen LogP contribution in [0.1, 0.15) is 34.0 Å². The van der Waals surface area contributed by atoms with E-state index in [1.54, 1.807) is 22.8 Å². The normalized spacial score (nSPS) is 15.2. The first-order chi connectivity index (χ1) is 14.4. The fraction of sp³-hybridized carbons (Fsp3) is 0.136. The molecule has 0 saturated carbocycles. The Hall–Kier alpha value is -4.07. The van der Waals surface area contributed by atoms with Gasteiger partial charge >= 0.3 is 5.97 Å². The number of anilines is 1. The monoisotopic (exact) mass is 405 g/mol. The van der Waals surface area contributed by atoms with Crippen LogP contribution in [0.5, 0.6) is 5.75 Å². The van der Waals surface area contributed by atoms with Gasteiger partial charge in [-0.1, -0.05) is 30.3 Å². The van der Waals surface area contributed by atoms with Crippen LogP contribution in [0, 0.1) is 0 Å². The van der Waals surface area contributed by atoms with Crippen LogP contribution in [0.4, 0.5) is 5.69 Å². The molecule has 30 heavy (non-hydrogen) atoms. The molecule has 1 aliphatic heterocycles. The lowest BCUT2D eigenvalue weighted by atomic mass is 9.88. The number of hydrogen-bond donors (Lipinski definition) is 3. The van der Waals surface area contributed by atoms with Crippen LogP contribution in [0.2, 0.25) is 0 Å². The van der Waals surface area contributed by atoms with Gasteiger partial charge in [-0.2, -0.15) is 0 Å². The predicted molar refractivity (Wildman–Crippen MR) is 109 cm³/mol. The number of nitrogens with zero attached hydrogens (tertiary/aromatic N) is 1. The van der Waals surface area contributed by atoms with Crippen LogP contribution in [0.3, 0.4) is 0 Å². The number of carboxylic acids is 1. The number of hydrogen-bond acceptors (Lipinski definition) is 4. The second kappa shape index (κ2) is 7.75. The molecule has 0 radical (unpaired) electrons. The van der Waals surface area contributed by atoms with Gasteiger partial charge in [0, 0.05) is 24.2 Å². The van der Waals surface area contributed by atoms with Crippen LogP contribution >= 0.6 is 0 Å². The number of nitrogens with two attached hydrogens (primary N) is 1. The van der Waals surface area contributed by atoms with Crippen LogP contribution < -0.4 is 15.8 Å². The summed E-state index contributed by atoms with van der Waals surface area (Å²) in [7, 11) is 0. The number of aromatic carboxylic acids is 1. The Labute approximate surface area is 171 Å². The largest absolute Gasteiger partial charge is 0.484 e. The van der Waals surface area contributed by atoms with Crippen molar-refractivity contribution in [2.24, 2.45) is 5.73 Å². The molecule has 152 valence electrons. The van der Waals surface area contributed by atoms with Crippen molar-refractivity contribution in [1.82, 2.24) is 4.57 Å². The summed E-state index contributed by atoms with van der Waals surface area (Å²) in [5, 5.41) is 12.4. The maximum Gasteiger partial charge on any atom is 0.339 e. The van der Waals surface area contributed by atoms with Crippen molar-refractivity contribution in [3.63, 3.8) is 0 Å². The lowest BCUT2D eigenvalue weighted by Crippen LogP contribution is -2.25. The molecule has 1 atom stereocenters. The zero-order chi connectivity index (χ0) is 21.3. The molecule has 2 heterocycles. The van der Waals surface area contributed by atoms with E-state index in [0.717, 1.165) is 11.3 Å². The molecule has 0 fully saturated rings. The summed E-state index contributed by atoms with van der Waals surface area (Å²) in [6.07, 6.45) is 1.66. The number of carbonyl (C=O) groups excluding carboxylic acids is 2. The molecule has 0 spiro atoms. The van der Waals surface area contributed by atoms with Crippen molar-refractivity contribution in [1.29, 1.82) is 0 Å². The Balaban J connectivity index is 1.85. The van der Waals surface area contributed by atoms with E-state index in [9.17, 15) is 19.5 Å². The molecule has 2 aromatic carbocycles. The van der Waals surface area contributed by atoms with Crippen molar-refractivity contribution < 1.29 is 24.2 Å². The SMILES string of the molecule is NC(=O)COc1cccc([C@@H]2CC(=O)Nc3c(C(=O)O)cn(-c4ccccc4)c32)c1. The fourth-order valence-electron chi connectivity index (χ4n) is 3.68. The summed E-state index contributed by atoms with van der Waals surface area (Å²) in [5.74, 6) is -1.96. The maximum atomic E-state index is 12.4. The number of para-hydroxylation sites is 1. The van der Waals surface area contributed by atoms with E-state index in [0.29, 0.717) is 11.4 Å². The zero-order valence-corrected chi connectivity index (χ0v) is 15.9. The highest BCUT2D eigenvalue weighted by molar-refractivity contribution is 6.04. The Morgan fingerprint density at radius 3 is 2.63 bits per heavy atom. The molecular weight excluding hydrogens is 386 g/mol. The third kappa shape index (κ3) is 3.62. The summed E-state index contributed by atoms with van der Waals surface area (Å²) >= 11 is 0. The van der Waals surface area contributed by atoms with Gasteiger partial charge < -0.3 is 25.5 Å². The van der Waals surface area contributed by atoms with Gasteiger partial charge in [-0.3, -0.25) is 9.59 Å². The number of primary amides is 1. The summed E-state index contributed by atoms with van der Waals surface area (Å²) in [5.41, 5.74) is 7.67. The lowest BCUT2D eigenvalue weighted by molar-refractivity contribution is -0.120. The Morgan fingerprint density at radius 1 is 1.17 bits per heavy atom. The maximum absolute atomic E-state index is 12.4. The van der Waals surface area contributed by atoms with Crippen LogP contribution in [0.25, 0.3) is 5.69 Å². The predicted octanol–water partition coefficient (Wildman–Crippen LogP) is 2.51. The van der Waals surface area contributed by atoms with E-state index in [-0.39, 0.29) is 30.2 Å². The Bertz CT molecular complexity index is 1140. The molecule has 1 aliphatic rings. The van der Waals surface area contributed by atoms with E-state index in [4.69, 9.17) is 10.5 Å². The van der Waals surface area contributed by atoms with Gasteiger partial charge in [0.05, 0.1) is 11.4 Å². The highest BCUT2D eigenvalue weighted by atomic mass is 16.5. The molecule has 8 nitrogen and oxygen atoms in total. The zero-order valence-electron chi connectivity index (χ0n) is 15.9. The summed E-state index contributed by atoms with van der Waals surface area (Å²) in [6.45, 7) is -0.261. The minimum Gasteiger partial charge on any atom is -0.484 e. The van der Waals surface area contributed by atoms with Gasteiger partial charge in [0.15, 0.2) is 6.61 Å². The highest BCUT2D eigenvalue weighted by Gasteiger charge is 2.34. The summed E-state index contributed by atoms with van der Waals surface area (Å²) < 4.78 is 7.19. The summed E-state index contributed by atoms with van der Waals surface area (Å²) in [6, 6.07) is 16.3. The topological polar surface area (TPSA) is 124 Å². The third-order valence-electron chi connectivity index (χ3n) is 4.93. The second-order valence-corrected chi connectivity index (χ2v) is 6.95. The smallest absolute Gasteiger partial charge is 0.339 e. The number of ether oxygens (including phenoxy) is 1. The molecule has 4 rings (SSSR count). The number of carbonyl (C=O) groups is 3. The van der Waals surface area contributed by atoms with Crippen molar-refractivity contribution in [3.8, 4) is 11.4 Å². The van der Waals surface area contributed by atoms with Gasteiger partial charge in [0.1, 0.15) is 11.3 Å². The van der Waals surface area contributed by atoms with Crippen LogP contribution in [-0.2, 0) is 9.59 Å². The van der Waals surface area contributed by atoms with E-state index in [1.165, 1.54) is 6.20 Å². The average Bonchev–Trinajstić information content (AvgIpc) is 3.12. The molecule has 0 bridgehead atoms. The van der Waals surface area contributed by atoms with E-state index in [2.05, 4.69) is 5.32 Å². The van der Waals surface area contributed by atoms with Crippen LogP contribution in [-0.4, -0.2) is 34.1 Å². The van der Waals surface area contributed by atoms with Gasteiger partial charge in [-0.15, -0.1) is 0 Å². The molecule has 3 aromatic rings. The second-order valence-electron chi connectivity index (χ2n) is 6.95. The molecule has 4 N–H and O–H groups in total. The quantitative estimate of drug-likeness (QED) is 0.581.